The van der Waals surface area contributed by atoms with Crippen LogP contribution < -0.4 is 0 Å². The second-order valence-corrected chi connectivity index (χ2v) is 3.96. The first-order chi connectivity index (χ1) is 8.19. The Morgan fingerprint density at radius 2 is 2.12 bits per heavy atom. The third kappa shape index (κ3) is 2.81. The lowest BCUT2D eigenvalue weighted by atomic mass is 10.1. The Hall–Kier alpha value is -1.90. The van der Waals surface area contributed by atoms with Crippen LogP contribution in [0.25, 0.3) is 10.9 Å². The third-order valence-electron chi connectivity index (χ3n) is 2.55. The topological polar surface area (TPSA) is 39.2 Å². The largest absolute Gasteiger partial charge is 0.466 e. The van der Waals surface area contributed by atoms with Crippen molar-refractivity contribution in [2.24, 2.45) is 0 Å². The summed E-state index contributed by atoms with van der Waals surface area (Å²) >= 11 is 0. The molecule has 3 nitrogen and oxygen atoms in total. The predicted molar refractivity (Wildman–Crippen MR) is 66.8 cm³/mol. The SMILES string of the molecule is CCOC(=O)Cc1ccc2nc(C)ccc2c1. The number of aryl methyl sites for hydroxylation is 1. The van der Waals surface area contributed by atoms with E-state index in [9.17, 15) is 4.79 Å². The van der Waals surface area contributed by atoms with Gasteiger partial charge in [0.2, 0.25) is 0 Å². The highest BCUT2D eigenvalue weighted by Crippen LogP contribution is 2.15. The Morgan fingerprint density at radius 1 is 1.29 bits per heavy atom. The van der Waals surface area contributed by atoms with Gasteiger partial charge in [0.25, 0.3) is 0 Å². The van der Waals surface area contributed by atoms with Crippen LogP contribution in [0.15, 0.2) is 30.3 Å². The van der Waals surface area contributed by atoms with E-state index in [4.69, 9.17) is 4.74 Å². The van der Waals surface area contributed by atoms with Crippen LogP contribution in [0.2, 0.25) is 0 Å². The fourth-order valence-electron chi connectivity index (χ4n) is 1.77. The zero-order valence-electron chi connectivity index (χ0n) is 10.1. The van der Waals surface area contributed by atoms with Crippen LogP contribution in [-0.4, -0.2) is 17.6 Å². The molecule has 0 saturated heterocycles. The van der Waals surface area contributed by atoms with Crippen LogP contribution in [-0.2, 0) is 16.0 Å². The fourth-order valence-corrected chi connectivity index (χ4v) is 1.77. The number of nitrogens with zero attached hydrogens (tertiary/aromatic N) is 1. The summed E-state index contributed by atoms with van der Waals surface area (Å²) in [5.41, 5.74) is 2.91. The van der Waals surface area contributed by atoms with Crippen molar-refractivity contribution in [1.82, 2.24) is 4.98 Å². The van der Waals surface area contributed by atoms with Gasteiger partial charge in [0.15, 0.2) is 0 Å². The van der Waals surface area contributed by atoms with Crippen LogP contribution in [0.1, 0.15) is 18.2 Å². The van der Waals surface area contributed by atoms with Gasteiger partial charge in [-0.25, -0.2) is 0 Å². The maximum atomic E-state index is 11.4. The molecule has 2 aromatic rings. The van der Waals surface area contributed by atoms with Gasteiger partial charge in [-0.05, 0) is 37.6 Å². The van der Waals surface area contributed by atoms with Crippen LogP contribution in [0.4, 0.5) is 0 Å². The van der Waals surface area contributed by atoms with E-state index >= 15 is 0 Å². The minimum absolute atomic E-state index is 0.188. The van der Waals surface area contributed by atoms with Crippen molar-refractivity contribution in [2.75, 3.05) is 6.61 Å². The molecule has 3 heteroatoms. The van der Waals surface area contributed by atoms with E-state index in [1.807, 2.05) is 44.2 Å². The van der Waals surface area contributed by atoms with Gasteiger partial charge in [-0.2, -0.15) is 0 Å². The van der Waals surface area contributed by atoms with E-state index < -0.39 is 0 Å². The molecule has 0 aliphatic carbocycles. The van der Waals surface area contributed by atoms with Crippen LogP contribution in [0, 0.1) is 6.92 Å². The number of hydrogen-bond acceptors (Lipinski definition) is 3. The molecule has 0 aliphatic rings. The number of ether oxygens (including phenoxy) is 1. The highest BCUT2D eigenvalue weighted by Gasteiger charge is 2.05. The lowest BCUT2D eigenvalue weighted by molar-refractivity contribution is -0.142. The Kier molecular flexibility index (Phi) is 3.38. The number of benzene rings is 1. The highest BCUT2D eigenvalue weighted by atomic mass is 16.5. The fraction of sp³-hybridized carbons (Fsp3) is 0.286. The zero-order valence-corrected chi connectivity index (χ0v) is 10.1. The van der Waals surface area contributed by atoms with Crippen LogP contribution in [0.3, 0.4) is 0 Å². The van der Waals surface area contributed by atoms with Crippen molar-refractivity contribution in [3.05, 3.63) is 41.6 Å². The first-order valence-electron chi connectivity index (χ1n) is 5.71. The molecule has 1 aromatic heterocycles. The van der Waals surface area contributed by atoms with E-state index in [2.05, 4.69) is 4.98 Å². The van der Waals surface area contributed by atoms with Gasteiger partial charge in [0.1, 0.15) is 0 Å². The first-order valence-corrected chi connectivity index (χ1v) is 5.71. The summed E-state index contributed by atoms with van der Waals surface area (Å²) in [6, 6.07) is 9.84. The molecule has 0 amide bonds. The number of pyridine rings is 1. The number of aromatic nitrogens is 1. The number of fused-ring (bicyclic) bond motifs is 1. The van der Waals surface area contributed by atoms with Crippen LogP contribution >= 0.6 is 0 Å². The molecular formula is C14H15NO2. The summed E-state index contributed by atoms with van der Waals surface area (Å²) in [6.07, 6.45) is 0.317. The first kappa shape index (κ1) is 11.6. The van der Waals surface area contributed by atoms with Crippen molar-refractivity contribution < 1.29 is 9.53 Å². The van der Waals surface area contributed by atoms with Crippen molar-refractivity contribution in [3.63, 3.8) is 0 Å². The maximum absolute atomic E-state index is 11.4. The Bertz CT molecular complexity index is 549. The number of hydrogen-bond donors (Lipinski definition) is 0. The molecule has 0 aliphatic heterocycles. The Morgan fingerprint density at radius 3 is 2.88 bits per heavy atom. The summed E-state index contributed by atoms with van der Waals surface area (Å²) in [5, 5.41) is 1.05. The van der Waals surface area contributed by atoms with Crippen LogP contribution in [0.5, 0.6) is 0 Å². The lowest BCUT2D eigenvalue weighted by Gasteiger charge is -2.04. The maximum Gasteiger partial charge on any atom is 0.310 e. The number of carbonyl (C=O) groups excluding carboxylic acids is 1. The Balaban J connectivity index is 2.26. The highest BCUT2D eigenvalue weighted by molar-refractivity contribution is 5.81. The molecule has 2 rings (SSSR count). The smallest absolute Gasteiger partial charge is 0.310 e. The normalized spacial score (nSPS) is 10.5. The van der Waals surface area contributed by atoms with Crippen molar-refractivity contribution >= 4 is 16.9 Å². The molecule has 0 unspecified atom stereocenters. The molecule has 88 valence electrons. The van der Waals surface area contributed by atoms with Crippen molar-refractivity contribution in [2.45, 2.75) is 20.3 Å². The van der Waals surface area contributed by atoms with E-state index in [-0.39, 0.29) is 5.97 Å². The van der Waals surface area contributed by atoms with E-state index in [1.54, 1.807) is 0 Å². The molecule has 0 N–H and O–H groups in total. The summed E-state index contributed by atoms with van der Waals surface area (Å²) < 4.78 is 4.92. The summed E-state index contributed by atoms with van der Waals surface area (Å²) in [6.45, 7) is 4.20. The van der Waals surface area contributed by atoms with E-state index in [0.29, 0.717) is 13.0 Å². The van der Waals surface area contributed by atoms with Gasteiger partial charge in [0.05, 0.1) is 18.5 Å². The molecule has 0 spiro atoms. The van der Waals surface area contributed by atoms with E-state index in [1.165, 1.54) is 0 Å². The van der Waals surface area contributed by atoms with E-state index in [0.717, 1.165) is 22.2 Å². The minimum Gasteiger partial charge on any atom is -0.466 e. The van der Waals surface area contributed by atoms with Gasteiger partial charge in [0, 0.05) is 11.1 Å². The van der Waals surface area contributed by atoms with Gasteiger partial charge in [-0.3, -0.25) is 9.78 Å². The molecule has 0 bridgehead atoms. The van der Waals surface area contributed by atoms with Gasteiger partial charge in [-0.15, -0.1) is 0 Å². The zero-order chi connectivity index (χ0) is 12.3. The van der Waals surface area contributed by atoms with Gasteiger partial charge >= 0.3 is 5.97 Å². The molecule has 0 fully saturated rings. The summed E-state index contributed by atoms with van der Waals surface area (Å²) in [4.78, 5) is 15.8. The quantitative estimate of drug-likeness (QED) is 0.759. The van der Waals surface area contributed by atoms with Crippen molar-refractivity contribution in [3.8, 4) is 0 Å². The summed E-state index contributed by atoms with van der Waals surface area (Å²) in [7, 11) is 0. The molecule has 1 aromatic carbocycles. The monoisotopic (exact) mass is 229 g/mol. The average molecular weight is 229 g/mol. The number of esters is 1. The van der Waals surface area contributed by atoms with Gasteiger partial charge in [-0.1, -0.05) is 12.1 Å². The Labute approximate surface area is 100 Å². The summed E-state index contributed by atoms with van der Waals surface area (Å²) in [5.74, 6) is -0.188. The third-order valence-corrected chi connectivity index (χ3v) is 2.55. The van der Waals surface area contributed by atoms with Crippen molar-refractivity contribution in [1.29, 1.82) is 0 Å². The standard InChI is InChI=1S/C14H15NO2/c1-3-17-14(16)9-11-5-7-13-12(8-11)6-4-10(2)15-13/h4-8H,3,9H2,1-2H3. The molecular weight excluding hydrogens is 214 g/mol. The molecule has 0 radical (unpaired) electrons. The molecule has 17 heavy (non-hydrogen) atoms. The number of rotatable bonds is 3. The second-order valence-electron chi connectivity index (χ2n) is 3.96. The molecule has 0 saturated carbocycles. The second kappa shape index (κ2) is 4.95. The number of carbonyl (C=O) groups is 1. The molecule has 1 heterocycles. The average Bonchev–Trinajstić information content (AvgIpc) is 2.29. The van der Waals surface area contributed by atoms with Gasteiger partial charge < -0.3 is 4.74 Å². The minimum atomic E-state index is -0.188. The lowest BCUT2D eigenvalue weighted by Crippen LogP contribution is -2.07. The molecule has 0 atom stereocenters. The predicted octanol–water partition coefficient (Wildman–Crippen LogP) is 2.65.